The molecule has 3 nitrogen and oxygen atoms in total. The Kier molecular flexibility index (Phi) is 5.84. The van der Waals surface area contributed by atoms with Crippen molar-refractivity contribution in [3.63, 3.8) is 0 Å². The molecule has 0 saturated heterocycles. The Balaban J connectivity index is 1.75. The van der Waals surface area contributed by atoms with Gasteiger partial charge in [-0.1, -0.05) is 45.7 Å². The average Bonchev–Trinajstić information content (AvgIpc) is 2.97. The minimum Gasteiger partial charge on any atom is -0.491 e. The van der Waals surface area contributed by atoms with E-state index in [-0.39, 0.29) is 0 Å². The van der Waals surface area contributed by atoms with Gasteiger partial charge in [0.05, 0.1) is 5.02 Å². The molecule has 5 heteroatoms. The van der Waals surface area contributed by atoms with Crippen molar-refractivity contribution in [1.29, 1.82) is 0 Å². The summed E-state index contributed by atoms with van der Waals surface area (Å²) in [5.41, 5.74) is 3.21. The molecule has 0 amide bonds. The van der Waals surface area contributed by atoms with Crippen molar-refractivity contribution in [3.8, 4) is 5.75 Å². The molecule has 1 N–H and O–H groups in total. The van der Waals surface area contributed by atoms with Crippen LogP contribution in [0.3, 0.4) is 0 Å². The van der Waals surface area contributed by atoms with Gasteiger partial charge in [0.15, 0.2) is 0 Å². The second-order valence-electron chi connectivity index (χ2n) is 6.13. The van der Waals surface area contributed by atoms with Crippen LogP contribution in [-0.2, 0) is 0 Å². The van der Waals surface area contributed by atoms with Crippen LogP contribution in [0.1, 0.15) is 11.3 Å². The fourth-order valence-electron chi connectivity index (χ4n) is 2.47. The first-order chi connectivity index (χ1) is 12.0. The minimum absolute atomic E-state index is 0.608. The van der Waals surface area contributed by atoms with E-state index in [4.69, 9.17) is 16.3 Å². The van der Waals surface area contributed by atoms with Crippen LogP contribution in [0.25, 0.3) is 23.1 Å². The highest BCUT2D eigenvalue weighted by Crippen LogP contribution is 2.27. The Labute approximate surface area is 161 Å². The number of ether oxygens (including phenoxy) is 1. The van der Waals surface area contributed by atoms with Crippen LogP contribution >= 0.6 is 27.5 Å². The number of H-pyrrole nitrogens is 1. The van der Waals surface area contributed by atoms with Gasteiger partial charge in [0.2, 0.25) is 0 Å². The summed E-state index contributed by atoms with van der Waals surface area (Å²) >= 11 is 9.72. The SMILES string of the molecule is CN(C)CCOc1cc(C=Cc2cc3ccc(Br)cc3[nH]2)ccc1Cl. The molecule has 3 rings (SSSR count). The zero-order chi connectivity index (χ0) is 17.8. The van der Waals surface area contributed by atoms with Crippen molar-refractivity contribution in [2.24, 2.45) is 0 Å². The molecule has 0 fully saturated rings. The number of aromatic nitrogens is 1. The molecular weight excluding hydrogens is 400 g/mol. The van der Waals surface area contributed by atoms with E-state index in [1.54, 1.807) is 0 Å². The molecule has 1 heterocycles. The first-order valence-electron chi connectivity index (χ1n) is 8.05. The third-order valence-corrected chi connectivity index (χ3v) is 4.62. The number of likely N-dealkylation sites (N-methyl/N-ethyl adjacent to an activating group) is 1. The predicted octanol–water partition coefficient (Wildman–Crippen LogP) is 5.69. The molecule has 0 aliphatic rings. The van der Waals surface area contributed by atoms with Crippen LogP contribution in [-0.4, -0.2) is 37.1 Å². The van der Waals surface area contributed by atoms with Gasteiger partial charge >= 0.3 is 0 Å². The van der Waals surface area contributed by atoms with E-state index in [1.165, 1.54) is 5.39 Å². The van der Waals surface area contributed by atoms with E-state index >= 15 is 0 Å². The first-order valence-corrected chi connectivity index (χ1v) is 9.22. The van der Waals surface area contributed by atoms with Crippen LogP contribution in [0.4, 0.5) is 0 Å². The second kappa shape index (κ2) is 8.09. The summed E-state index contributed by atoms with van der Waals surface area (Å²) in [6, 6.07) is 14.2. The van der Waals surface area contributed by atoms with Crippen molar-refractivity contribution in [1.82, 2.24) is 9.88 Å². The molecule has 3 aromatic rings. The van der Waals surface area contributed by atoms with Gasteiger partial charge in [0, 0.05) is 27.6 Å². The number of halogens is 2. The summed E-state index contributed by atoms with van der Waals surface area (Å²) in [6.45, 7) is 1.46. The lowest BCUT2D eigenvalue weighted by atomic mass is 10.2. The van der Waals surface area contributed by atoms with E-state index in [0.29, 0.717) is 17.4 Å². The predicted molar refractivity (Wildman–Crippen MR) is 110 cm³/mol. The van der Waals surface area contributed by atoms with Crippen molar-refractivity contribution in [2.45, 2.75) is 0 Å². The van der Waals surface area contributed by atoms with Gasteiger partial charge in [0.1, 0.15) is 12.4 Å². The lowest BCUT2D eigenvalue weighted by Gasteiger charge is -2.12. The smallest absolute Gasteiger partial charge is 0.138 e. The van der Waals surface area contributed by atoms with Crippen LogP contribution < -0.4 is 4.74 Å². The molecule has 130 valence electrons. The van der Waals surface area contributed by atoms with Gasteiger partial charge in [0.25, 0.3) is 0 Å². The molecule has 0 aliphatic carbocycles. The summed E-state index contributed by atoms with van der Waals surface area (Å²) in [7, 11) is 4.03. The Bertz CT molecular complexity index is 902. The van der Waals surface area contributed by atoms with Crippen LogP contribution in [0.15, 0.2) is 46.9 Å². The fraction of sp³-hybridized carbons (Fsp3) is 0.200. The maximum atomic E-state index is 6.22. The average molecular weight is 420 g/mol. The molecule has 1 aromatic heterocycles. The summed E-state index contributed by atoms with van der Waals surface area (Å²) in [6.07, 6.45) is 4.11. The lowest BCUT2D eigenvalue weighted by molar-refractivity contribution is 0.261. The van der Waals surface area contributed by atoms with Gasteiger partial charge in [-0.2, -0.15) is 0 Å². The third kappa shape index (κ3) is 4.88. The minimum atomic E-state index is 0.608. The highest BCUT2D eigenvalue weighted by atomic mass is 79.9. The zero-order valence-electron chi connectivity index (χ0n) is 14.2. The topological polar surface area (TPSA) is 28.3 Å². The molecule has 2 aromatic carbocycles. The number of nitrogens with zero attached hydrogens (tertiary/aromatic N) is 1. The maximum absolute atomic E-state index is 6.22. The van der Waals surface area contributed by atoms with Gasteiger partial charge in [-0.25, -0.2) is 0 Å². The van der Waals surface area contributed by atoms with Crippen molar-refractivity contribution < 1.29 is 4.74 Å². The van der Waals surface area contributed by atoms with E-state index in [0.717, 1.165) is 27.8 Å². The lowest BCUT2D eigenvalue weighted by Crippen LogP contribution is -2.19. The first kappa shape index (κ1) is 18.1. The molecular formula is C20H20BrClN2O. The number of aromatic amines is 1. The van der Waals surface area contributed by atoms with Crippen LogP contribution in [0, 0.1) is 0 Å². The Morgan fingerprint density at radius 3 is 2.76 bits per heavy atom. The van der Waals surface area contributed by atoms with E-state index < -0.39 is 0 Å². The van der Waals surface area contributed by atoms with Gasteiger partial charge in [-0.15, -0.1) is 0 Å². The highest BCUT2D eigenvalue weighted by Gasteiger charge is 2.03. The molecule has 0 bridgehead atoms. The maximum Gasteiger partial charge on any atom is 0.138 e. The Hall–Kier alpha value is -1.75. The van der Waals surface area contributed by atoms with Gasteiger partial charge < -0.3 is 14.6 Å². The Morgan fingerprint density at radius 2 is 1.96 bits per heavy atom. The summed E-state index contributed by atoms with van der Waals surface area (Å²) in [5.74, 6) is 0.714. The third-order valence-electron chi connectivity index (χ3n) is 3.81. The molecule has 0 saturated carbocycles. The van der Waals surface area contributed by atoms with E-state index in [9.17, 15) is 0 Å². The molecule has 0 aliphatic heterocycles. The number of benzene rings is 2. The summed E-state index contributed by atoms with van der Waals surface area (Å²) in [4.78, 5) is 5.48. The van der Waals surface area contributed by atoms with Crippen molar-refractivity contribution >= 4 is 50.6 Å². The molecule has 0 spiro atoms. The summed E-state index contributed by atoms with van der Waals surface area (Å²) in [5, 5.41) is 1.82. The van der Waals surface area contributed by atoms with Crippen LogP contribution in [0.2, 0.25) is 5.02 Å². The number of rotatable bonds is 6. The van der Waals surface area contributed by atoms with Gasteiger partial charge in [-0.05, 0) is 56.1 Å². The van der Waals surface area contributed by atoms with E-state index in [1.807, 2.05) is 38.4 Å². The van der Waals surface area contributed by atoms with Crippen molar-refractivity contribution in [2.75, 3.05) is 27.2 Å². The zero-order valence-corrected chi connectivity index (χ0v) is 16.6. The van der Waals surface area contributed by atoms with Gasteiger partial charge in [-0.3, -0.25) is 0 Å². The van der Waals surface area contributed by atoms with Crippen molar-refractivity contribution in [3.05, 3.63) is 63.2 Å². The van der Waals surface area contributed by atoms with E-state index in [2.05, 4.69) is 56.2 Å². The molecule has 0 unspecified atom stereocenters. The largest absolute Gasteiger partial charge is 0.491 e. The number of fused-ring (bicyclic) bond motifs is 1. The molecule has 25 heavy (non-hydrogen) atoms. The normalized spacial score (nSPS) is 11.7. The van der Waals surface area contributed by atoms with Crippen LogP contribution in [0.5, 0.6) is 5.75 Å². The molecule has 0 atom stereocenters. The standard InChI is InChI=1S/C20H20BrClN2O/c1-24(2)9-10-25-20-11-14(4-8-18(20)22)3-7-17-12-15-5-6-16(21)13-19(15)23-17/h3-8,11-13,23H,9-10H2,1-2H3. The number of hydrogen-bond acceptors (Lipinski definition) is 2. The fourth-order valence-corrected chi connectivity index (χ4v) is 3.00. The number of hydrogen-bond donors (Lipinski definition) is 1. The quantitative estimate of drug-likeness (QED) is 0.555. The highest BCUT2D eigenvalue weighted by molar-refractivity contribution is 9.10. The number of nitrogens with one attached hydrogen (secondary N) is 1. The summed E-state index contributed by atoms with van der Waals surface area (Å²) < 4.78 is 6.85. The monoisotopic (exact) mass is 418 g/mol. The molecule has 0 radical (unpaired) electrons. The second-order valence-corrected chi connectivity index (χ2v) is 7.45. The Morgan fingerprint density at radius 1 is 1.12 bits per heavy atom.